The fourth-order valence-corrected chi connectivity index (χ4v) is 3.10. The van der Waals surface area contributed by atoms with Crippen LogP contribution in [-0.4, -0.2) is 29.3 Å². The molecule has 0 spiro atoms. The van der Waals surface area contributed by atoms with Gasteiger partial charge < -0.3 is 15.4 Å². The summed E-state index contributed by atoms with van der Waals surface area (Å²) < 4.78 is 19.5. The molecule has 1 saturated heterocycles. The second-order valence-electron chi connectivity index (χ2n) is 6.50. The van der Waals surface area contributed by atoms with E-state index in [0.717, 1.165) is 5.69 Å². The van der Waals surface area contributed by atoms with Gasteiger partial charge in [-0.2, -0.15) is 0 Å². The first-order valence-corrected chi connectivity index (χ1v) is 7.05. The molecule has 0 aromatic heterocycles. The number of rotatable bonds is 2. The van der Waals surface area contributed by atoms with Gasteiger partial charge in [-0.3, -0.25) is 0 Å². The molecule has 0 saturated carbocycles. The van der Waals surface area contributed by atoms with Crippen LogP contribution in [0.25, 0.3) is 0 Å². The fourth-order valence-electron chi connectivity index (χ4n) is 2.94. The van der Waals surface area contributed by atoms with Crippen molar-refractivity contribution in [2.75, 3.05) is 18.0 Å². The molecule has 2 rings (SSSR count). The normalized spacial score (nSPS) is 20.8. The number of halogens is 1. The molecule has 2 N–H and O–H groups in total. The summed E-state index contributed by atoms with van der Waals surface area (Å²) in [5.41, 5.74) is 6.60. The van der Waals surface area contributed by atoms with Gasteiger partial charge in [0.05, 0.1) is 11.2 Å². The molecule has 0 aliphatic carbocycles. The van der Waals surface area contributed by atoms with Crippen molar-refractivity contribution in [1.29, 1.82) is 0 Å². The number of nitrogens with zero attached hydrogens (tertiary/aromatic N) is 1. The monoisotopic (exact) mass is 296 g/mol. The second-order valence-corrected chi connectivity index (χ2v) is 6.94. The minimum Gasteiger partial charge on any atom is -0.389 e. The summed E-state index contributed by atoms with van der Waals surface area (Å²) in [5.74, 6) is -0.330. The van der Waals surface area contributed by atoms with Crippen LogP contribution in [0.4, 0.5) is 10.1 Å². The van der Waals surface area contributed by atoms with Crippen LogP contribution in [0, 0.1) is 5.82 Å². The molecule has 3 nitrogen and oxygen atoms in total. The van der Waals surface area contributed by atoms with Crippen LogP contribution in [0.15, 0.2) is 18.2 Å². The van der Waals surface area contributed by atoms with E-state index >= 15 is 0 Å². The molecule has 0 amide bonds. The maximum Gasteiger partial charge on any atom is 0.124 e. The van der Waals surface area contributed by atoms with Gasteiger partial charge in [-0.15, -0.1) is 0 Å². The highest BCUT2D eigenvalue weighted by Gasteiger charge is 2.38. The number of benzene rings is 1. The molecule has 0 unspecified atom stereocenters. The fraction of sp³-hybridized carbons (Fsp3) is 0.533. The summed E-state index contributed by atoms with van der Waals surface area (Å²) in [6.07, 6.45) is 0. The quantitative estimate of drug-likeness (QED) is 0.852. The van der Waals surface area contributed by atoms with Crippen molar-refractivity contribution in [3.05, 3.63) is 29.6 Å². The van der Waals surface area contributed by atoms with Gasteiger partial charge in [0, 0.05) is 24.3 Å². The third kappa shape index (κ3) is 3.27. The molecule has 110 valence electrons. The lowest BCUT2D eigenvalue weighted by atomic mass is 9.97. The zero-order valence-corrected chi connectivity index (χ0v) is 13.2. The molecule has 1 fully saturated rings. The van der Waals surface area contributed by atoms with Crippen molar-refractivity contribution in [1.82, 2.24) is 0 Å². The van der Waals surface area contributed by atoms with E-state index in [4.69, 9.17) is 22.7 Å². The van der Waals surface area contributed by atoms with Crippen molar-refractivity contribution >= 4 is 22.9 Å². The van der Waals surface area contributed by atoms with Crippen molar-refractivity contribution in [2.45, 2.75) is 38.9 Å². The van der Waals surface area contributed by atoms with Crippen LogP contribution in [0.3, 0.4) is 0 Å². The largest absolute Gasteiger partial charge is 0.389 e. The minimum atomic E-state index is -0.330. The van der Waals surface area contributed by atoms with E-state index in [2.05, 4.69) is 4.90 Å². The zero-order valence-electron chi connectivity index (χ0n) is 12.4. The van der Waals surface area contributed by atoms with E-state index in [1.807, 2.05) is 27.7 Å². The van der Waals surface area contributed by atoms with Crippen molar-refractivity contribution in [2.24, 2.45) is 5.73 Å². The molecule has 0 bridgehead atoms. The van der Waals surface area contributed by atoms with Gasteiger partial charge in [0.1, 0.15) is 10.8 Å². The molecule has 1 heterocycles. The van der Waals surface area contributed by atoms with Crippen LogP contribution in [-0.2, 0) is 4.74 Å². The molecule has 1 aliphatic rings. The Balaban J connectivity index is 2.43. The maximum absolute atomic E-state index is 13.4. The van der Waals surface area contributed by atoms with E-state index in [1.54, 1.807) is 6.07 Å². The number of morpholine rings is 1. The number of hydrogen-bond acceptors (Lipinski definition) is 3. The van der Waals surface area contributed by atoms with Gasteiger partial charge in [0.2, 0.25) is 0 Å². The van der Waals surface area contributed by atoms with Crippen LogP contribution < -0.4 is 10.6 Å². The number of hydrogen-bond donors (Lipinski definition) is 1. The first-order chi connectivity index (χ1) is 9.10. The Bertz CT molecular complexity index is 527. The third-order valence-electron chi connectivity index (χ3n) is 3.26. The number of anilines is 1. The minimum absolute atomic E-state index is 0.210. The first kappa shape index (κ1) is 15.2. The zero-order chi connectivity index (χ0) is 15.1. The van der Waals surface area contributed by atoms with Crippen LogP contribution in [0.1, 0.15) is 33.3 Å². The summed E-state index contributed by atoms with van der Waals surface area (Å²) in [6.45, 7) is 9.60. The van der Waals surface area contributed by atoms with Gasteiger partial charge in [0.15, 0.2) is 0 Å². The second kappa shape index (κ2) is 4.97. The van der Waals surface area contributed by atoms with Gasteiger partial charge in [-0.05, 0) is 45.9 Å². The molecule has 1 aliphatic heterocycles. The smallest absolute Gasteiger partial charge is 0.124 e. The average molecular weight is 296 g/mol. The Hall–Kier alpha value is -1.20. The van der Waals surface area contributed by atoms with E-state index in [9.17, 15) is 4.39 Å². The summed E-state index contributed by atoms with van der Waals surface area (Å²) in [6, 6.07) is 4.57. The summed E-state index contributed by atoms with van der Waals surface area (Å²) in [7, 11) is 0. The SMILES string of the molecule is CC1(C)CN(c2ccc(F)cc2C(N)=S)CC(C)(C)O1. The topological polar surface area (TPSA) is 38.5 Å². The van der Waals surface area contributed by atoms with E-state index in [1.165, 1.54) is 12.1 Å². The Morgan fingerprint density at radius 3 is 2.30 bits per heavy atom. The molecular weight excluding hydrogens is 275 g/mol. The maximum atomic E-state index is 13.4. The molecule has 1 aromatic rings. The highest BCUT2D eigenvalue weighted by atomic mass is 32.1. The van der Waals surface area contributed by atoms with Crippen LogP contribution in [0.5, 0.6) is 0 Å². The Morgan fingerprint density at radius 2 is 1.80 bits per heavy atom. The van der Waals surface area contributed by atoms with Crippen LogP contribution >= 0.6 is 12.2 Å². The third-order valence-corrected chi connectivity index (χ3v) is 3.48. The van der Waals surface area contributed by atoms with Crippen molar-refractivity contribution in [3.63, 3.8) is 0 Å². The van der Waals surface area contributed by atoms with E-state index in [0.29, 0.717) is 18.7 Å². The lowest BCUT2D eigenvalue weighted by Gasteiger charge is -2.48. The van der Waals surface area contributed by atoms with Gasteiger partial charge in [-0.25, -0.2) is 4.39 Å². The number of nitrogens with two attached hydrogens (primary N) is 1. The van der Waals surface area contributed by atoms with Crippen molar-refractivity contribution in [3.8, 4) is 0 Å². The highest BCUT2D eigenvalue weighted by Crippen LogP contribution is 2.33. The highest BCUT2D eigenvalue weighted by molar-refractivity contribution is 7.80. The summed E-state index contributed by atoms with van der Waals surface area (Å²) >= 11 is 5.05. The Morgan fingerprint density at radius 1 is 1.25 bits per heavy atom. The van der Waals surface area contributed by atoms with Gasteiger partial charge in [-0.1, -0.05) is 12.2 Å². The lowest BCUT2D eigenvalue weighted by Crippen LogP contribution is -2.57. The molecule has 0 atom stereocenters. The number of thiocarbonyl (C=S) groups is 1. The molecule has 0 radical (unpaired) electrons. The molecule has 5 heteroatoms. The molecule has 20 heavy (non-hydrogen) atoms. The predicted molar refractivity (Wildman–Crippen MR) is 83.7 cm³/mol. The lowest BCUT2D eigenvalue weighted by molar-refractivity contribution is -0.133. The van der Waals surface area contributed by atoms with E-state index in [-0.39, 0.29) is 22.0 Å². The first-order valence-electron chi connectivity index (χ1n) is 6.64. The summed E-state index contributed by atoms with van der Waals surface area (Å²) in [4.78, 5) is 2.37. The standard InChI is InChI=1S/C15H21FN2OS/c1-14(2)8-18(9-15(3,4)19-14)12-6-5-10(16)7-11(12)13(17)20/h5-7H,8-9H2,1-4H3,(H2,17,20). The predicted octanol–water partition coefficient (Wildman–Crippen LogP) is 2.85. The number of ether oxygens (including phenoxy) is 1. The Labute approximate surface area is 124 Å². The van der Waals surface area contributed by atoms with E-state index < -0.39 is 0 Å². The average Bonchev–Trinajstić information content (AvgIpc) is 2.24. The summed E-state index contributed by atoms with van der Waals surface area (Å²) in [5, 5.41) is 0. The van der Waals surface area contributed by atoms with Gasteiger partial charge in [0.25, 0.3) is 0 Å². The molecular formula is C15H21FN2OS. The Kier molecular flexibility index (Phi) is 3.77. The molecule has 1 aromatic carbocycles. The van der Waals surface area contributed by atoms with Crippen molar-refractivity contribution < 1.29 is 9.13 Å². The van der Waals surface area contributed by atoms with Gasteiger partial charge >= 0.3 is 0 Å². The van der Waals surface area contributed by atoms with Crippen LogP contribution in [0.2, 0.25) is 0 Å².